The van der Waals surface area contributed by atoms with Gasteiger partial charge in [0, 0.05) is 7.11 Å². The van der Waals surface area contributed by atoms with Crippen LogP contribution in [0.25, 0.3) is 0 Å². The molecule has 1 atom stereocenters. The Morgan fingerprint density at radius 2 is 1.80 bits per heavy atom. The Labute approximate surface area is 122 Å². The summed E-state index contributed by atoms with van der Waals surface area (Å²) in [6.07, 6.45) is 6.92. The summed E-state index contributed by atoms with van der Waals surface area (Å²) >= 11 is 0. The van der Waals surface area contributed by atoms with Crippen molar-refractivity contribution in [3.63, 3.8) is 0 Å². The number of aryl methyl sites for hydroxylation is 2. The molecule has 0 heterocycles. The second-order valence-corrected chi connectivity index (χ2v) is 6.12. The van der Waals surface area contributed by atoms with Crippen LogP contribution in [-0.2, 0) is 11.2 Å². The summed E-state index contributed by atoms with van der Waals surface area (Å²) in [6, 6.07) is 6.64. The molecule has 1 saturated carbocycles. The molecule has 0 radical (unpaired) electrons. The first kappa shape index (κ1) is 15.5. The van der Waals surface area contributed by atoms with Crippen LogP contribution in [0.4, 0.5) is 0 Å². The molecule has 20 heavy (non-hydrogen) atoms. The van der Waals surface area contributed by atoms with E-state index in [1.165, 1.54) is 36.0 Å². The number of methoxy groups -OCH3 is 1. The Morgan fingerprint density at radius 1 is 1.20 bits per heavy atom. The number of rotatable bonds is 5. The molecule has 1 fully saturated rings. The maximum Gasteiger partial charge on any atom is 0.0847 e. The summed E-state index contributed by atoms with van der Waals surface area (Å²) in [7, 11) is 1.83. The van der Waals surface area contributed by atoms with Crippen LogP contribution in [0, 0.1) is 13.8 Å². The highest BCUT2D eigenvalue weighted by atomic mass is 16.5. The van der Waals surface area contributed by atoms with E-state index in [2.05, 4.69) is 37.5 Å². The molecule has 0 amide bonds. The molecular formula is C17H28N2O. The lowest BCUT2D eigenvalue weighted by Crippen LogP contribution is -2.56. The lowest BCUT2D eigenvalue weighted by atomic mass is 9.76. The third-order valence-electron chi connectivity index (χ3n) is 5.00. The summed E-state index contributed by atoms with van der Waals surface area (Å²) in [4.78, 5) is 0. The maximum absolute atomic E-state index is 5.94. The Bertz CT molecular complexity index is 418. The predicted molar refractivity (Wildman–Crippen MR) is 83.6 cm³/mol. The van der Waals surface area contributed by atoms with E-state index in [1.807, 2.05) is 7.11 Å². The van der Waals surface area contributed by atoms with Gasteiger partial charge in [-0.15, -0.1) is 0 Å². The standard InChI is InChI=1S/C17H28N2O/c1-13-8-7-9-14(2)15(13)12-16(19-18)17(20-3)10-5-4-6-11-17/h7-9,16,19H,4-6,10-12,18H2,1-3H3. The smallest absolute Gasteiger partial charge is 0.0847 e. The normalized spacial score (nSPS) is 19.8. The van der Waals surface area contributed by atoms with Crippen molar-refractivity contribution in [1.82, 2.24) is 5.43 Å². The molecule has 3 nitrogen and oxygen atoms in total. The van der Waals surface area contributed by atoms with Gasteiger partial charge in [0.15, 0.2) is 0 Å². The van der Waals surface area contributed by atoms with Gasteiger partial charge >= 0.3 is 0 Å². The van der Waals surface area contributed by atoms with Crippen molar-refractivity contribution in [3.8, 4) is 0 Å². The minimum absolute atomic E-state index is 0.109. The van der Waals surface area contributed by atoms with Crippen molar-refractivity contribution < 1.29 is 4.74 Å². The second-order valence-electron chi connectivity index (χ2n) is 6.12. The maximum atomic E-state index is 5.94. The third kappa shape index (κ3) is 3.05. The van der Waals surface area contributed by atoms with Gasteiger partial charge in [-0.05, 0) is 49.8 Å². The van der Waals surface area contributed by atoms with E-state index in [-0.39, 0.29) is 11.6 Å². The first-order valence-corrected chi connectivity index (χ1v) is 7.69. The molecule has 0 saturated heterocycles. The van der Waals surface area contributed by atoms with Gasteiger partial charge in [0.05, 0.1) is 11.6 Å². The first-order chi connectivity index (χ1) is 9.63. The highest BCUT2D eigenvalue weighted by molar-refractivity contribution is 5.34. The Morgan fingerprint density at radius 3 is 2.30 bits per heavy atom. The van der Waals surface area contributed by atoms with Crippen LogP contribution < -0.4 is 11.3 Å². The topological polar surface area (TPSA) is 47.3 Å². The van der Waals surface area contributed by atoms with Gasteiger partial charge in [-0.3, -0.25) is 11.3 Å². The molecule has 0 spiro atoms. The van der Waals surface area contributed by atoms with Gasteiger partial charge in [0.2, 0.25) is 0 Å². The average Bonchev–Trinajstić information content (AvgIpc) is 2.48. The Kier molecular flexibility index (Phi) is 5.19. The predicted octanol–water partition coefficient (Wildman–Crippen LogP) is 3.03. The van der Waals surface area contributed by atoms with Crippen molar-refractivity contribution in [1.29, 1.82) is 0 Å². The number of ether oxygens (including phenoxy) is 1. The largest absolute Gasteiger partial charge is 0.377 e. The fourth-order valence-electron chi connectivity index (χ4n) is 3.62. The number of benzene rings is 1. The summed E-state index contributed by atoms with van der Waals surface area (Å²) in [6.45, 7) is 4.35. The van der Waals surface area contributed by atoms with Crippen molar-refractivity contribution in [2.75, 3.05) is 7.11 Å². The van der Waals surface area contributed by atoms with E-state index in [0.29, 0.717) is 0 Å². The van der Waals surface area contributed by atoms with E-state index < -0.39 is 0 Å². The van der Waals surface area contributed by atoms with Crippen LogP contribution in [0.5, 0.6) is 0 Å². The number of hydrazine groups is 1. The third-order valence-corrected chi connectivity index (χ3v) is 5.00. The van der Waals surface area contributed by atoms with Crippen LogP contribution >= 0.6 is 0 Å². The molecule has 0 bridgehead atoms. The molecule has 3 N–H and O–H groups in total. The molecule has 3 heteroatoms. The number of nitrogens with two attached hydrogens (primary N) is 1. The molecule has 112 valence electrons. The van der Waals surface area contributed by atoms with Gasteiger partial charge in [0.1, 0.15) is 0 Å². The van der Waals surface area contributed by atoms with Gasteiger partial charge < -0.3 is 4.74 Å². The molecule has 1 aliphatic carbocycles. The van der Waals surface area contributed by atoms with E-state index in [0.717, 1.165) is 19.3 Å². The molecule has 0 aromatic heterocycles. The quantitative estimate of drug-likeness (QED) is 0.642. The zero-order chi connectivity index (χ0) is 14.6. The number of nitrogens with one attached hydrogen (secondary N) is 1. The highest BCUT2D eigenvalue weighted by Crippen LogP contribution is 2.35. The van der Waals surface area contributed by atoms with Crippen LogP contribution in [0.3, 0.4) is 0 Å². The molecule has 0 aliphatic heterocycles. The zero-order valence-electron chi connectivity index (χ0n) is 13.0. The molecule has 1 unspecified atom stereocenters. The fourth-order valence-corrected chi connectivity index (χ4v) is 3.62. The lowest BCUT2D eigenvalue weighted by molar-refractivity contribution is -0.0674. The summed E-state index contributed by atoms with van der Waals surface area (Å²) in [5, 5.41) is 0. The van der Waals surface area contributed by atoms with Crippen LogP contribution in [0.2, 0.25) is 0 Å². The molecule has 1 aromatic rings. The second kappa shape index (κ2) is 6.70. The van der Waals surface area contributed by atoms with Gasteiger partial charge in [0.25, 0.3) is 0 Å². The van der Waals surface area contributed by atoms with Crippen molar-refractivity contribution >= 4 is 0 Å². The van der Waals surface area contributed by atoms with Crippen molar-refractivity contribution in [2.45, 2.75) is 64.0 Å². The van der Waals surface area contributed by atoms with Gasteiger partial charge in [-0.2, -0.15) is 0 Å². The van der Waals surface area contributed by atoms with Gasteiger partial charge in [-0.25, -0.2) is 0 Å². The van der Waals surface area contributed by atoms with Crippen molar-refractivity contribution in [3.05, 3.63) is 34.9 Å². The van der Waals surface area contributed by atoms with Crippen LogP contribution in [-0.4, -0.2) is 18.8 Å². The SMILES string of the molecule is COC1(C(Cc2c(C)cccc2C)NN)CCCCC1. The van der Waals surface area contributed by atoms with E-state index >= 15 is 0 Å². The monoisotopic (exact) mass is 276 g/mol. The molecule has 1 aromatic carbocycles. The minimum atomic E-state index is -0.109. The summed E-state index contributed by atoms with van der Waals surface area (Å²) in [5.74, 6) is 5.88. The van der Waals surface area contributed by atoms with Crippen LogP contribution in [0.1, 0.15) is 48.8 Å². The van der Waals surface area contributed by atoms with Crippen molar-refractivity contribution in [2.24, 2.45) is 5.84 Å². The molecule has 2 rings (SSSR count). The van der Waals surface area contributed by atoms with E-state index in [1.54, 1.807) is 0 Å². The number of hydrogen-bond donors (Lipinski definition) is 2. The molecule has 1 aliphatic rings. The first-order valence-electron chi connectivity index (χ1n) is 7.69. The zero-order valence-corrected chi connectivity index (χ0v) is 13.0. The number of hydrogen-bond acceptors (Lipinski definition) is 3. The minimum Gasteiger partial charge on any atom is -0.377 e. The average molecular weight is 276 g/mol. The summed E-state index contributed by atoms with van der Waals surface area (Å²) < 4.78 is 5.94. The van der Waals surface area contributed by atoms with E-state index in [4.69, 9.17) is 10.6 Å². The Balaban J connectivity index is 2.23. The van der Waals surface area contributed by atoms with Gasteiger partial charge in [-0.1, -0.05) is 37.5 Å². The van der Waals surface area contributed by atoms with Crippen LogP contribution in [0.15, 0.2) is 18.2 Å². The fraction of sp³-hybridized carbons (Fsp3) is 0.647. The molecular weight excluding hydrogens is 248 g/mol. The lowest BCUT2D eigenvalue weighted by Gasteiger charge is -2.42. The Hall–Kier alpha value is -0.900. The highest BCUT2D eigenvalue weighted by Gasteiger charge is 2.39. The summed E-state index contributed by atoms with van der Waals surface area (Å²) in [5.41, 5.74) is 7.01. The van der Waals surface area contributed by atoms with E-state index in [9.17, 15) is 0 Å².